The van der Waals surface area contributed by atoms with Crippen LogP contribution in [0.3, 0.4) is 0 Å². The van der Waals surface area contributed by atoms with Crippen molar-refractivity contribution >= 4 is 22.2 Å². The van der Waals surface area contributed by atoms with Crippen LogP contribution in [-0.4, -0.2) is 40.8 Å². The van der Waals surface area contributed by atoms with Crippen LogP contribution < -0.4 is 16.8 Å². The number of aryl methyl sites for hydroxylation is 1. The van der Waals surface area contributed by atoms with Crippen molar-refractivity contribution in [1.29, 1.82) is 0 Å². The Kier molecular flexibility index (Phi) is 7.55. The number of carbonyl (C=O) groups is 1. The molecular formula is C26H29N9O2S. The van der Waals surface area contributed by atoms with E-state index in [0.717, 1.165) is 27.4 Å². The minimum absolute atomic E-state index is 0.319. The Balaban J connectivity index is 1.43. The number of aliphatic hydroxyl groups is 1. The second-order valence-corrected chi connectivity index (χ2v) is 10.2. The molecular weight excluding hydrogens is 502 g/mol. The van der Waals surface area contributed by atoms with E-state index in [1.165, 1.54) is 11.3 Å². The van der Waals surface area contributed by atoms with Crippen LogP contribution in [0, 0.1) is 0 Å². The smallest absolute Gasteiger partial charge is 0.251 e. The lowest BCUT2D eigenvalue weighted by Crippen LogP contribution is -2.15. The van der Waals surface area contributed by atoms with Crippen LogP contribution in [0.25, 0.3) is 21.8 Å². The zero-order valence-corrected chi connectivity index (χ0v) is 22.1. The first-order chi connectivity index (χ1) is 18.0. The molecule has 0 aliphatic rings. The van der Waals surface area contributed by atoms with E-state index in [4.69, 9.17) is 11.5 Å². The van der Waals surface area contributed by atoms with E-state index in [-0.39, 0.29) is 0 Å². The maximum atomic E-state index is 12.1. The van der Waals surface area contributed by atoms with E-state index in [1.54, 1.807) is 66.1 Å². The van der Waals surface area contributed by atoms with Crippen LogP contribution in [0.4, 0.5) is 5.00 Å². The number of anilines is 1. The van der Waals surface area contributed by atoms with E-state index in [2.05, 4.69) is 32.3 Å². The van der Waals surface area contributed by atoms with Crippen molar-refractivity contribution in [3.63, 3.8) is 0 Å². The highest BCUT2D eigenvalue weighted by molar-refractivity contribution is 7.19. The van der Waals surface area contributed by atoms with Crippen molar-refractivity contribution in [3.8, 4) is 21.8 Å². The summed E-state index contributed by atoms with van der Waals surface area (Å²) in [6, 6.07) is 7.45. The number of rotatable bonds is 10. The average molecular weight is 532 g/mol. The van der Waals surface area contributed by atoms with E-state index in [0.29, 0.717) is 28.6 Å². The van der Waals surface area contributed by atoms with Crippen molar-refractivity contribution in [2.45, 2.75) is 26.0 Å². The SMILES string of the molecule is C=C(/C=C\C=C(/N)Nc1sc(-c2ccc(-c3ccnn3C)nc2)cc1C(N)=O)Cn1cc(C(C)(C)O)nn1. The molecule has 0 bridgehead atoms. The third kappa shape index (κ3) is 6.22. The monoisotopic (exact) mass is 531 g/mol. The van der Waals surface area contributed by atoms with E-state index < -0.39 is 11.5 Å². The standard InChI is InChI=1S/C26H29N9O2S/c1-16(14-35-15-22(32-33-35)26(2,3)37)6-5-7-23(27)31-25-18(24(28)36)12-21(38-25)17-8-9-19(29-13-17)20-10-11-30-34(20)4/h5-13,15,31,37H,1,14,27H2,2-4H3,(H2,28,36)/b6-5-,23-7+. The van der Waals surface area contributed by atoms with Crippen molar-refractivity contribution < 1.29 is 9.90 Å². The summed E-state index contributed by atoms with van der Waals surface area (Å²) in [5.74, 6) is -0.246. The van der Waals surface area contributed by atoms with Gasteiger partial charge in [-0.15, -0.1) is 16.4 Å². The van der Waals surface area contributed by atoms with Gasteiger partial charge in [0.2, 0.25) is 0 Å². The summed E-state index contributed by atoms with van der Waals surface area (Å²) in [5, 5.41) is 25.8. The molecule has 4 aromatic heterocycles. The summed E-state index contributed by atoms with van der Waals surface area (Å²) in [7, 11) is 1.86. The molecule has 6 N–H and O–H groups in total. The number of hydrogen-bond acceptors (Lipinski definition) is 9. The molecule has 4 rings (SSSR count). The molecule has 11 nitrogen and oxygen atoms in total. The highest BCUT2D eigenvalue weighted by Crippen LogP contribution is 2.36. The van der Waals surface area contributed by atoms with Crippen LogP contribution in [0.5, 0.6) is 0 Å². The van der Waals surface area contributed by atoms with Crippen LogP contribution >= 0.6 is 11.3 Å². The van der Waals surface area contributed by atoms with Gasteiger partial charge in [0.05, 0.1) is 29.7 Å². The molecule has 0 fully saturated rings. The zero-order chi connectivity index (χ0) is 27.4. The number of pyridine rings is 1. The van der Waals surface area contributed by atoms with Gasteiger partial charge in [0.15, 0.2) is 0 Å². The van der Waals surface area contributed by atoms with Gasteiger partial charge in [-0.2, -0.15) is 5.10 Å². The normalized spacial score (nSPS) is 12.3. The number of aromatic nitrogens is 6. The second kappa shape index (κ2) is 10.8. The van der Waals surface area contributed by atoms with E-state index in [1.807, 2.05) is 25.2 Å². The molecule has 12 heteroatoms. The molecule has 0 saturated carbocycles. The van der Waals surface area contributed by atoms with Crippen molar-refractivity contribution in [2.75, 3.05) is 5.32 Å². The number of nitrogens with zero attached hydrogens (tertiary/aromatic N) is 6. The summed E-state index contributed by atoms with van der Waals surface area (Å²) in [5.41, 5.74) is 14.8. The van der Waals surface area contributed by atoms with Gasteiger partial charge < -0.3 is 21.9 Å². The molecule has 4 heterocycles. The van der Waals surface area contributed by atoms with Gasteiger partial charge >= 0.3 is 0 Å². The van der Waals surface area contributed by atoms with Gasteiger partial charge in [-0.1, -0.05) is 23.9 Å². The second-order valence-electron chi connectivity index (χ2n) is 9.11. The molecule has 38 heavy (non-hydrogen) atoms. The molecule has 0 unspecified atom stereocenters. The summed E-state index contributed by atoms with van der Waals surface area (Å²) in [4.78, 5) is 17.4. The first-order valence-corrected chi connectivity index (χ1v) is 12.4. The Morgan fingerprint density at radius 1 is 1.29 bits per heavy atom. The lowest BCUT2D eigenvalue weighted by atomic mass is 10.1. The Labute approximate surface area is 223 Å². The van der Waals surface area contributed by atoms with Gasteiger partial charge in [0.25, 0.3) is 5.91 Å². The number of nitrogens with one attached hydrogen (secondary N) is 1. The fourth-order valence-corrected chi connectivity index (χ4v) is 4.58. The number of nitrogens with two attached hydrogens (primary N) is 2. The third-order valence-corrected chi connectivity index (χ3v) is 6.62. The Hall–Kier alpha value is -4.55. The number of primary amides is 1. The predicted molar refractivity (Wildman–Crippen MR) is 148 cm³/mol. The topological polar surface area (TPSA) is 163 Å². The molecule has 0 aromatic carbocycles. The van der Waals surface area contributed by atoms with E-state index >= 15 is 0 Å². The Morgan fingerprint density at radius 3 is 2.68 bits per heavy atom. The maximum Gasteiger partial charge on any atom is 0.251 e. The van der Waals surface area contributed by atoms with Crippen molar-refractivity contribution in [2.24, 2.45) is 18.5 Å². The highest BCUT2D eigenvalue weighted by Gasteiger charge is 2.20. The summed E-state index contributed by atoms with van der Waals surface area (Å²) in [6.07, 6.45) is 10.3. The highest BCUT2D eigenvalue weighted by atomic mass is 32.1. The van der Waals surface area contributed by atoms with Crippen molar-refractivity contribution in [1.82, 2.24) is 29.8 Å². The third-order valence-electron chi connectivity index (χ3n) is 5.53. The minimum atomic E-state index is -1.07. The minimum Gasteiger partial charge on any atom is -0.385 e. The summed E-state index contributed by atoms with van der Waals surface area (Å²) >= 11 is 1.35. The molecule has 0 saturated heterocycles. The van der Waals surface area contributed by atoms with E-state index in [9.17, 15) is 9.90 Å². The quantitative estimate of drug-likeness (QED) is 0.227. The van der Waals surface area contributed by atoms with Crippen molar-refractivity contribution in [3.05, 3.63) is 90.3 Å². The Morgan fingerprint density at radius 2 is 2.08 bits per heavy atom. The van der Waals surface area contributed by atoms with Crippen LogP contribution in [-0.2, 0) is 19.2 Å². The maximum absolute atomic E-state index is 12.1. The Bertz CT molecular complexity index is 1520. The fourth-order valence-electron chi connectivity index (χ4n) is 3.50. The lowest BCUT2D eigenvalue weighted by molar-refractivity contribution is 0.0737. The first kappa shape index (κ1) is 26.5. The average Bonchev–Trinajstić information content (AvgIpc) is 3.59. The van der Waals surface area contributed by atoms with Gasteiger partial charge in [-0.25, -0.2) is 4.68 Å². The van der Waals surface area contributed by atoms with Gasteiger partial charge in [-0.3, -0.25) is 14.5 Å². The molecule has 0 atom stereocenters. The molecule has 0 radical (unpaired) electrons. The molecule has 0 spiro atoms. The number of allylic oxidation sites excluding steroid dienone is 4. The first-order valence-electron chi connectivity index (χ1n) is 11.6. The fraction of sp³-hybridized carbons (Fsp3) is 0.192. The summed E-state index contributed by atoms with van der Waals surface area (Å²) < 4.78 is 3.34. The lowest BCUT2D eigenvalue weighted by Gasteiger charge is -2.11. The zero-order valence-electron chi connectivity index (χ0n) is 21.3. The molecule has 4 aromatic rings. The molecule has 0 aliphatic heterocycles. The number of hydrogen-bond donors (Lipinski definition) is 4. The molecule has 196 valence electrons. The van der Waals surface area contributed by atoms with Crippen LogP contribution in [0.15, 0.2) is 79.1 Å². The number of thiophene rings is 1. The van der Waals surface area contributed by atoms with Gasteiger partial charge in [0, 0.05) is 29.9 Å². The summed E-state index contributed by atoms with van der Waals surface area (Å²) in [6.45, 7) is 7.69. The van der Waals surface area contributed by atoms with Crippen LogP contribution in [0.2, 0.25) is 0 Å². The van der Waals surface area contributed by atoms with Gasteiger partial charge in [-0.05, 0) is 49.8 Å². The molecule has 1 amide bonds. The van der Waals surface area contributed by atoms with Crippen LogP contribution in [0.1, 0.15) is 29.9 Å². The number of amides is 1. The molecule has 0 aliphatic carbocycles. The van der Waals surface area contributed by atoms with Gasteiger partial charge in [0.1, 0.15) is 22.1 Å². The largest absolute Gasteiger partial charge is 0.385 e. The predicted octanol–water partition coefficient (Wildman–Crippen LogP) is 3.15. The number of carbonyl (C=O) groups excluding carboxylic acids is 1.